The first-order chi connectivity index (χ1) is 8.15. The van der Waals surface area contributed by atoms with Crippen molar-refractivity contribution in [1.82, 2.24) is 9.97 Å². The number of hydrogen-bond acceptors (Lipinski definition) is 4. The molecule has 1 saturated carbocycles. The fourth-order valence-electron chi connectivity index (χ4n) is 1.80. The largest absolute Gasteiger partial charge is 0.477 e. The zero-order chi connectivity index (χ0) is 12.4. The molecule has 1 aromatic heterocycles. The Kier molecular flexibility index (Phi) is 3.26. The van der Waals surface area contributed by atoms with Crippen molar-refractivity contribution in [2.24, 2.45) is 0 Å². The van der Waals surface area contributed by atoms with Crippen LogP contribution in [0.4, 0.5) is 5.95 Å². The van der Waals surface area contributed by atoms with E-state index < -0.39 is 5.97 Å². The van der Waals surface area contributed by atoms with Crippen LogP contribution in [0.5, 0.6) is 0 Å². The van der Waals surface area contributed by atoms with E-state index in [1.54, 1.807) is 6.07 Å². The van der Waals surface area contributed by atoms with Gasteiger partial charge in [-0.15, -0.1) is 0 Å². The summed E-state index contributed by atoms with van der Waals surface area (Å²) in [5.41, 5.74) is 0.975. The molecule has 1 N–H and O–H groups in total. The normalized spacial score (nSPS) is 14.7. The zero-order valence-electron chi connectivity index (χ0n) is 10.2. The molecule has 1 aromatic rings. The Hall–Kier alpha value is -1.65. The van der Waals surface area contributed by atoms with Gasteiger partial charge in [-0.05, 0) is 32.8 Å². The summed E-state index contributed by atoms with van der Waals surface area (Å²) in [6.07, 6.45) is 2.21. The van der Waals surface area contributed by atoms with Crippen molar-refractivity contribution in [3.8, 4) is 0 Å². The number of anilines is 1. The summed E-state index contributed by atoms with van der Waals surface area (Å²) in [5.74, 6) is -0.00933. The van der Waals surface area contributed by atoms with Crippen molar-refractivity contribution in [3.63, 3.8) is 0 Å². The van der Waals surface area contributed by atoms with Gasteiger partial charge in [0, 0.05) is 24.7 Å². The third kappa shape index (κ3) is 2.54. The van der Waals surface area contributed by atoms with Gasteiger partial charge in [0.05, 0.1) is 0 Å². The molecule has 0 unspecified atom stereocenters. The molecule has 0 amide bonds. The van der Waals surface area contributed by atoms with Crippen LogP contribution in [0, 0.1) is 0 Å². The van der Waals surface area contributed by atoms with Gasteiger partial charge < -0.3 is 10.0 Å². The van der Waals surface area contributed by atoms with Gasteiger partial charge in [0.25, 0.3) is 0 Å². The van der Waals surface area contributed by atoms with Gasteiger partial charge in [0.2, 0.25) is 5.95 Å². The van der Waals surface area contributed by atoms with Gasteiger partial charge in [-0.1, -0.05) is 0 Å². The van der Waals surface area contributed by atoms with E-state index in [0.717, 1.165) is 31.6 Å². The lowest BCUT2D eigenvalue weighted by Crippen LogP contribution is -2.25. The van der Waals surface area contributed by atoms with Gasteiger partial charge in [-0.3, -0.25) is 0 Å². The second kappa shape index (κ2) is 4.69. The SMILES string of the molecule is CCN(CC)c1nc(C(=O)O)cc(C2CC2)n1. The zero-order valence-corrected chi connectivity index (χ0v) is 10.2. The fourth-order valence-corrected chi connectivity index (χ4v) is 1.80. The lowest BCUT2D eigenvalue weighted by Gasteiger charge is -2.19. The molecule has 92 valence electrons. The highest BCUT2D eigenvalue weighted by atomic mass is 16.4. The van der Waals surface area contributed by atoms with E-state index in [9.17, 15) is 4.79 Å². The smallest absolute Gasteiger partial charge is 0.354 e. The number of carbonyl (C=O) groups is 1. The maximum absolute atomic E-state index is 11.0. The third-order valence-corrected chi connectivity index (χ3v) is 3.00. The Morgan fingerprint density at radius 3 is 2.53 bits per heavy atom. The maximum atomic E-state index is 11.0. The molecule has 5 nitrogen and oxygen atoms in total. The van der Waals surface area contributed by atoms with Crippen LogP contribution in [0.15, 0.2) is 6.07 Å². The fraction of sp³-hybridized carbons (Fsp3) is 0.583. The summed E-state index contributed by atoms with van der Waals surface area (Å²) >= 11 is 0. The number of hydrogen-bond donors (Lipinski definition) is 1. The molecule has 0 aromatic carbocycles. The lowest BCUT2D eigenvalue weighted by atomic mass is 10.2. The van der Waals surface area contributed by atoms with Crippen molar-refractivity contribution in [2.45, 2.75) is 32.6 Å². The van der Waals surface area contributed by atoms with Crippen molar-refractivity contribution in [1.29, 1.82) is 0 Å². The molecular weight excluding hydrogens is 218 g/mol. The average Bonchev–Trinajstić information content (AvgIpc) is 3.14. The number of carboxylic acids is 1. The van der Waals surface area contributed by atoms with E-state index in [1.165, 1.54) is 0 Å². The molecular formula is C12H17N3O2. The standard InChI is InChI=1S/C12H17N3O2/c1-3-15(4-2)12-13-9(8-5-6-8)7-10(14-12)11(16)17/h7-8H,3-6H2,1-2H3,(H,16,17). The average molecular weight is 235 g/mol. The Bertz CT molecular complexity index is 426. The minimum atomic E-state index is -0.984. The summed E-state index contributed by atoms with van der Waals surface area (Å²) in [4.78, 5) is 21.6. The van der Waals surface area contributed by atoms with Gasteiger partial charge >= 0.3 is 5.97 Å². The van der Waals surface area contributed by atoms with Crippen molar-refractivity contribution >= 4 is 11.9 Å². The monoisotopic (exact) mass is 235 g/mol. The maximum Gasteiger partial charge on any atom is 0.354 e. The highest BCUT2D eigenvalue weighted by Crippen LogP contribution is 2.39. The molecule has 2 rings (SSSR count). The molecule has 1 fully saturated rings. The molecule has 17 heavy (non-hydrogen) atoms. The molecule has 0 spiro atoms. The summed E-state index contributed by atoms with van der Waals surface area (Å²) in [5, 5.41) is 9.05. The quantitative estimate of drug-likeness (QED) is 0.844. The molecule has 1 heterocycles. The van der Waals surface area contributed by atoms with Crippen LogP contribution < -0.4 is 4.90 Å². The van der Waals surface area contributed by atoms with Gasteiger partial charge in [-0.2, -0.15) is 0 Å². The Labute approximate surface area is 100 Å². The minimum absolute atomic E-state index is 0.101. The molecule has 5 heteroatoms. The minimum Gasteiger partial charge on any atom is -0.477 e. The number of carboxylic acid groups (broad SMARTS) is 1. The van der Waals surface area contributed by atoms with Crippen LogP contribution in [-0.4, -0.2) is 34.1 Å². The van der Waals surface area contributed by atoms with Gasteiger partial charge in [-0.25, -0.2) is 14.8 Å². The van der Waals surface area contributed by atoms with Crippen molar-refractivity contribution in [3.05, 3.63) is 17.5 Å². The summed E-state index contributed by atoms with van der Waals surface area (Å²) in [6.45, 7) is 5.58. The van der Waals surface area contributed by atoms with Crippen LogP contribution in [0.3, 0.4) is 0 Å². The second-order valence-corrected chi connectivity index (χ2v) is 4.23. The van der Waals surface area contributed by atoms with E-state index in [2.05, 4.69) is 9.97 Å². The van der Waals surface area contributed by atoms with Gasteiger partial charge in [0.1, 0.15) is 0 Å². The first-order valence-electron chi connectivity index (χ1n) is 6.02. The number of rotatable bonds is 5. The van der Waals surface area contributed by atoms with E-state index >= 15 is 0 Å². The molecule has 1 aliphatic rings. The van der Waals surface area contributed by atoms with E-state index in [4.69, 9.17) is 5.11 Å². The van der Waals surface area contributed by atoms with Crippen LogP contribution in [0.2, 0.25) is 0 Å². The highest BCUT2D eigenvalue weighted by molar-refractivity contribution is 5.85. The van der Waals surface area contributed by atoms with Crippen LogP contribution >= 0.6 is 0 Å². The van der Waals surface area contributed by atoms with E-state index in [1.807, 2.05) is 18.7 Å². The molecule has 0 radical (unpaired) electrons. The highest BCUT2D eigenvalue weighted by Gasteiger charge is 2.27. The van der Waals surface area contributed by atoms with E-state index in [0.29, 0.717) is 11.9 Å². The molecule has 1 aliphatic carbocycles. The summed E-state index contributed by atoms with van der Waals surface area (Å²) in [6, 6.07) is 1.60. The van der Waals surface area contributed by atoms with E-state index in [-0.39, 0.29) is 5.69 Å². The topological polar surface area (TPSA) is 66.3 Å². The third-order valence-electron chi connectivity index (χ3n) is 3.00. The number of nitrogens with zero attached hydrogens (tertiary/aromatic N) is 3. The molecule has 0 atom stereocenters. The lowest BCUT2D eigenvalue weighted by molar-refractivity contribution is 0.0690. The number of aromatic carboxylic acids is 1. The Morgan fingerprint density at radius 1 is 1.41 bits per heavy atom. The molecule has 0 bridgehead atoms. The van der Waals surface area contributed by atoms with Crippen molar-refractivity contribution < 1.29 is 9.90 Å². The Balaban J connectivity index is 2.39. The van der Waals surface area contributed by atoms with Gasteiger partial charge in [0.15, 0.2) is 5.69 Å². The second-order valence-electron chi connectivity index (χ2n) is 4.23. The predicted molar refractivity (Wildman–Crippen MR) is 64.5 cm³/mol. The van der Waals surface area contributed by atoms with Crippen molar-refractivity contribution in [2.75, 3.05) is 18.0 Å². The molecule has 0 saturated heterocycles. The predicted octanol–water partition coefficient (Wildman–Crippen LogP) is 1.90. The first-order valence-corrected chi connectivity index (χ1v) is 6.02. The summed E-state index contributed by atoms with van der Waals surface area (Å²) in [7, 11) is 0. The van der Waals surface area contributed by atoms with Crippen LogP contribution in [0.1, 0.15) is 48.8 Å². The molecule has 0 aliphatic heterocycles. The Morgan fingerprint density at radius 2 is 2.06 bits per heavy atom. The number of aromatic nitrogens is 2. The summed E-state index contributed by atoms with van der Waals surface area (Å²) < 4.78 is 0. The first kappa shape index (κ1) is 11.8. The van der Waals surface area contributed by atoms with Crippen LogP contribution in [0.25, 0.3) is 0 Å². The van der Waals surface area contributed by atoms with Crippen LogP contribution in [-0.2, 0) is 0 Å².